The predicted octanol–water partition coefficient (Wildman–Crippen LogP) is 29.9. The minimum Gasteiger partial charge on any atom is -0.456 e. The van der Waals surface area contributed by atoms with Gasteiger partial charge >= 0.3 is 0 Å². The smallest absolute Gasteiger partial charge is 0.135 e. The summed E-state index contributed by atoms with van der Waals surface area (Å²) >= 11 is 1.86. The van der Waals surface area contributed by atoms with Crippen molar-refractivity contribution in [2.75, 3.05) is 0 Å². The molecule has 4 atom stereocenters. The third-order valence-electron chi connectivity index (χ3n) is 25.8. The van der Waals surface area contributed by atoms with Gasteiger partial charge in [-0.3, -0.25) is 0 Å². The summed E-state index contributed by atoms with van der Waals surface area (Å²) < 4.78 is 23.1. The number of thiophene rings is 1. The molecular weight excluding hydrogens is 1430 g/mol. The molecule has 116 heavy (non-hydrogen) atoms. The summed E-state index contributed by atoms with van der Waals surface area (Å²) in [6.45, 7) is 4.84. The van der Waals surface area contributed by atoms with E-state index in [1.165, 1.54) is 153 Å². The molecule has 15 aromatic carbocycles. The van der Waals surface area contributed by atoms with Gasteiger partial charge < -0.3 is 22.5 Å². The molecule has 0 N–H and O–H groups in total. The number of benzene rings is 15. The van der Waals surface area contributed by atoms with Crippen LogP contribution in [0.4, 0.5) is 0 Å². The van der Waals surface area contributed by atoms with Crippen LogP contribution in [0.3, 0.4) is 0 Å². The first kappa shape index (κ1) is 66.6. The van der Waals surface area contributed by atoms with E-state index in [0.717, 1.165) is 79.2 Å². The molecule has 6 heteroatoms. The lowest BCUT2D eigenvalue weighted by atomic mass is 9.73. The third kappa shape index (κ3) is 10.6. The van der Waals surface area contributed by atoms with Gasteiger partial charge in [0.2, 0.25) is 0 Å². The first-order valence-electron chi connectivity index (χ1n) is 40.6. The summed E-state index contributed by atoms with van der Waals surface area (Å²) in [6, 6.07) is 124. The van der Waals surface area contributed by atoms with Gasteiger partial charge in [0.05, 0.1) is 27.6 Å². The fourth-order valence-corrected chi connectivity index (χ4v) is 21.0. The van der Waals surface area contributed by atoms with Gasteiger partial charge in [0.25, 0.3) is 0 Å². The van der Waals surface area contributed by atoms with Crippen molar-refractivity contribution in [1.29, 1.82) is 0 Å². The Kier molecular flexibility index (Phi) is 14.9. The second-order valence-electron chi connectivity index (χ2n) is 32.5. The van der Waals surface area contributed by atoms with Crippen molar-refractivity contribution in [2.24, 2.45) is 5.92 Å². The first-order chi connectivity index (χ1) is 57.2. The van der Waals surface area contributed by atoms with Crippen molar-refractivity contribution in [3.63, 3.8) is 0 Å². The number of hydrogen-bond acceptors (Lipinski definition) is 3. The standard InChI is InChI=1S/C110H75N3O2S/c1-67-88(77-25-19-29-83(56-77)112-98-34-13-9-30-84(98)85-31-10-14-35-99(85)112)63-79(76-41-48-106-93(59-76)92-58-74(40-47-105(92)115-106)75-43-51-109-96(61-75)95-60-72(42-50-108(95)116-109)68-20-5-3-6-21-68)64-89(67)78-39-46-101-90(62-78)86-32-11-15-36-100(86)113(101)82-28-18-24-71(55-82)69-22-17-23-70(54-69)73-38-45-102-91(57-73)97-66-110(2,53-52-103(97)111(102)81-26-7-4-8-27-81)80-44-49-107-94(65-80)87-33-12-16-37-104(87)114-107/h3-21,23-65,67,69,89H,22,66H2,1-2H3. The topological polar surface area (TPSA) is 41.1 Å². The highest BCUT2D eigenvalue weighted by molar-refractivity contribution is 7.25. The van der Waals surface area contributed by atoms with Gasteiger partial charge in [-0.05, 0) is 248 Å². The highest BCUT2D eigenvalue weighted by Crippen LogP contribution is 2.50. The van der Waals surface area contributed by atoms with E-state index in [9.17, 15) is 0 Å². The van der Waals surface area contributed by atoms with Crippen molar-refractivity contribution < 1.29 is 8.83 Å². The third-order valence-corrected chi connectivity index (χ3v) is 26.9. The van der Waals surface area contributed by atoms with Gasteiger partial charge in [-0.2, -0.15) is 0 Å². The number of para-hydroxylation sites is 5. The van der Waals surface area contributed by atoms with E-state index in [2.05, 4.69) is 398 Å². The van der Waals surface area contributed by atoms with Crippen LogP contribution in [0.5, 0.6) is 0 Å². The molecule has 6 heterocycles. The largest absolute Gasteiger partial charge is 0.456 e. The van der Waals surface area contributed by atoms with Crippen LogP contribution in [0.2, 0.25) is 0 Å². The lowest BCUT2D eigenvalue weighted by Crippen LogP contribution is -2.25. The Morgan fingerprint density at radius 1 is 0.345 bits per heavy atom. The van der Waals surface area contributed by atoms with Crippen molar-refractivity contribution in [3.8, 4) is 39.3 Å². The van der Waals surface area contributed by atoms with E-state index in [0.29, 0.717) is 0 Å². The van der Waals surface area contributed by atoms with Gasteiger partial charge in [0, 0.05) is 109 Å². The van der Waals surface area contributed by atoms with Crippen LogP contribution in [0, 0.1) is 5.92 Å². The molecule has 21 aromatic rings. The maximum Gasteiger partial charge on any atom is 0.135 e. The van der Waals surface area contributed by atoms with Crippen molar-refractivity contribution in [2.45, 2.75) is 43.9 Å². The van der Waals surface area contributed by atoms with E-state index in [1.807, 2.05) is 17.4 Å². The number of rotatable bonds is 11. The van der Waals surface area contributed by atoms with Crippen LogP contribution in [0.25, 0.3) is 181 Å². The number of aromatic nitrogens is 3. The summed E-state index contributed by atoms with van der Waals surface area (Å²) in [4.78, 5) is 0. The van der Waals surface area contributed by atoms with Crippen molar-refractivity contribution in [3.05, 3.63) is 415 Å². The Hall–Kier alpha value is -14.0. The predicted molar refractivity (Wildman–Crippen MR) is 488 cm³/mol. The number of hydrogen-bond donors (Lipinski definition) is 0. The maximum atomic E-state index is 6.75. The Morgan fingerprint density at radius 2 is 0.862 bits per heavy atom. The van der Waals surface area contributed by atoms with E-state index in [4.69, 9.17) is 8.83 Å². The quantitative estimate of drug-likeness (QED) is 0.129. The molecule has 0 amide bonds. The normalized spacial score (nSPS) is 17.0. The first-order valence-corrected chi connectivity index (χ1v) is 41.4. The Bertz CT molecular complexity index is 7840. The lowest BCUT2D eigenvalue weighted by molar-refractivity contribution is 0.588. The SMILES string of the molecule is CC1C(c2cccc(-n3c4ccccc4c4ccccc43)c2)=CC(c2ccc3oc4ccc(-c5ccc6sc7ccc(-c8ccccc8)cc7c6c5)cc4c3c2)=CC1c1ccc2c(c1)c1ccccc1n2-c1cccc(C2C=C(c3ccc4c(c3)c3c(n4-c4ccccc4)C=CC(C)(c4ccc5oc6ccccc6c5c4)C3)C=CC2)c1. The second-order valence-corrected chi connectivity index (χ2v) is 33.5. The van der Waals surface area contributed by atoms with Crippen LogP contribution in [-0.4, -0.2) is 13.7 Å². The summed E-state index contributed by atoms with van der Waals surface area (Å²) in [6.07, 6.45) is 18.9. The zero-order valence-corrected chi connectivity index (χ0v) is 64.8. The summed E-state index contributed by atoms with van der Waals surface area (Å²) in [5.41, 5.74) is 31.4. The molecule has 0 fully saturated rings. The summed E-state index contributed by atoms with van der Waals surface area (Å²) in [5.74, 6) is 0.289. The Morgan fingerprint density at radius 3 is 1.59 bits per heavy atom. The van der Waals surface area contributed by atoms with Gasteiger partial charge in [-0.25, -0.2) is 0 Å². The van der Waals surface area contributed by atoms with E-state index in [-0.39, 0.29) is 23.2 Å². The number of allylic oxidation sites excluding steroid dienone is 9. The van der Waals surface area contributed by atoms with Crippen molar-refractivity contribution >= 4 is 153 Å². The van der Waals surface area contributed by atoms with E-state index < -0.39 is 0 Å². The molecule has 0 saturated heterocycles. The molecule has 0 saturated carbocycles. The molecule has 4 unspecified atom stereocenters. The average molecular weight is 1500 g/mol. The number of fused-ring (bicyclic) bond motifs is 18. The number of furan rings is 2. The van der Waals surface area contributed by atoms with Gasteiger partial charge in [-0.15, -0.1) is 11.3 Å². The fourth-order valence-electron chi connectivity index (χ4n) is 19.9. The molecule has 3 aliphatic carbocycles. The highest BCUT2D eigenvalue weighted by atomic mass is 32.1. The molecule has 24 rings (SSSR count). The van der Waals surface area contributed by atoms with E-state index >= 15 is 0 Å². The molecule has 548 valence electrons. The molecule has 0 radical (unpaired) electrons. The van der Waals surface area contributed by atoms with Crippen LogP contribution in [0.15, 0.2) is 379 Å². The Balaban J connectivity index is 0.592. The monoisotopic (exact) mass is 1500 g/mol. The number of nitrogens with zero attached hydrogens (tertiary/aromatic N) is 3. The Labute approximate surface area is 674 Å². The molecular formula is C110H75N3O2S. The van der Waals surface area contributed by atoms with Crippen molar-refractivity contribution in [1.82, 2.24) is 13.7 Å². The zero-order chi connectivity index (χ0) is 76.4. The van der Waals surface area contributed by atoms with Crippen LogP contribution < -0.4 is 0 Å². The summed E-state index contributed by atoms with van der Waals surface area (Å²) in [7, 11) is 0. The summed E-state index contributed by atoms with van der Waals surface area (Å²) in [5, 5.41) is 13.4. The van der Waals surface area contributed by atoms with Crippen LogP contribution in [0.1, 0.15) is 76.7 Å². The minimum atomic E-state index is -0.247. The lowest BCUT2D eigenvalue weighted by Gasteiger charge is -2.30. The van der Waals surface area contributed by atoms with Gasteiger partial charge in [0.15, 0.2) is 0 Å². The molecule has 6 aromatic heterocycles. The molecule has 0 aliphatic heterocycles. The minimum absolute atomic E-state index is 0.0179. The average Bonchev–Trinajstić information content (AvgIpc) is 1.56. The molecule has 3 aliphatic rings. The van der Waals surface area contributed by atoms with Crippen LogP contribution >= 0.6 is 11.3 Å². The molecule has 0 spiro atoms. The van der Waals surface area contributed by atoms with Crippen LogP contribution in [-0.2, 0) is 11.8 Å². The fraction of sp³-hybridized carbons (Fsp3) is 0.0727. The molecule has 5 nitrogen and oxygen atoms in total. The van der Waals surface area contributed by atoms with Gasteiger partial charge in [-0.1, -0.05) is 238 Å². The van der Waals surface area contributed by atoms with Gasteiger partial charge in [0.1, 0.15) is 22.3 Å². The van der Waals surface area contributed by atoms with E-state index in [1.54, 1.807) is 0 Å². The highest BCUT2D eigenvalue weighted by Gasteiger charge is 2.34. The molecule has 0 bridgehead atoms. The zero-order valence-electron chi connectivity index (χ0n) is 64.0. The maximum absolute atomic E-state index is 6.75. The second kappa shape index (κ2) is 26.0.